The highest BCUT2D eigenvalue weighted by Crippen LogP contribution is 2.36. The van der Waals surface area contributed by atoms with E-state index in [4.69, 9.17) is 5.21 Å². The second kappa shape index (κ2) is 6.17. The smallest absolute Gasteiger partial charge is 0.234 e. The Labute approximate surface area is 85.0 Å². The fraction of sp³-hybridized carbons (Fsp3) is 0.875. The summed E-state index contributed by atoms with van der Waals surface area (Å²) in [4.78, 5) is 12.0. The lowest BCUT2D eigenvalue weighted by Gasteiger charge is -2.25. The number of carbonyl (C=O) groups excluding carboxylic acids is 1. The Morgan fingerprint density at radius 3 is 2.36 bits per heavy atom. The van der Waals surface area contributed by atoms with Gasteiger partial charge in [0.15, 0.2) is 0 Å². The summed E-state index contributed by atoms with van der Waals surface area (Å²) >= 11 is 0. The van der Waals surface area contributed by atoms with Gasteiger partial charge in [0, 0.05) is 6.54 Å². The highest BCUT2D eigenvalue weighted by atomic mass is 31.2. The minimum Gasteiger partial charge on any atom is -0.323 e. The summed E-state index contributed by atoms with van der Waals surface area (Å²) in [5.41, 5.74) is 0. The van der Waals surface area contributed by atoms with Crippen LogP contribution in [0, 0.1) is 0 Å². The van der Waals surface area contributed by atoms with Gasteiger partial charge in [-0.1, -0.05) is 6.92 Å². The molecule has 0 aromatic rings. The van der Waals surface area contributed by atoms with Gasteiger partial charge in [-0.05, 0) is 19.8 Å². The molecule has 0 aromatic heterocycles. The predicted molar refractivity (Wildman–Crippen MR) is 55.9 cm³/mol. The molecule has 14 heavy (non-hydrogen) atoms. The lowest BCUT2D eigenvalue weighted by Crippen LogP contribution is -2.36. The van der Waals surface area contributed by atoms with Gasteiger partial charge in [0.05, 0.1) is 13.4 Å². The molecular formula is C8H19N2O3P. The van der Waals surface area contributed by atoms with Crippen LogP contribution in [0.2, 0.25) is 0 Å². The Kier molecular flexibility index (Phi) is 6.00. The monoisotopic (exact) mass is 222 g/mol. The summed E-state index contributed by atoms with van der Waals surface area (Å²) < 4.78 is 11.5. The van der Waals surface area contributed by atoms with Crippen molar-refractivity contribution < 1.29 is 14.6 Å². The number of rotatable bonds is 7. The molecule has 84 valence electrons. The van der Waals surface area contributed by atoms with Crippen molar-refractivity contribution in [3.8, 4) is 0 Å². The van der Waals surface area contributed by atoms with Crippen molar-refractivity contribution in [1.29, 1.82) is 0 Å². The van der Waals surface area contributed by atoms with E-state index >= 15 is 0 Å². The molecule has 0 bridgehead atoms. The lowest BCUT2D eigenvalue weighted by atomic mass is 10.4. The van der Waals surface area contributed by atoms with Crippen LogP contribution in [0.5, 0.6) is 0 Å². The van der Waals surface area contributed by atoms with Gasteiger partial charge < -0.3 is 4.57 Å². The Bertz CT molecular complexity index is 217. The van der Waals surface area contributed by atoms with E-state index in [1.807, 2.05) is 6.92 Å². The quantitative estimate of drug-likeness (QED) is 0.230. The maximum Gasteiger partial charge on any atom is 0.234 e. The maximum absolute atomic E-state index is 11.5. The van der Waals surface area contributed by atoms with Crippen molar-refractivity contribution in [1.82, 2.24) is 9.96 Å². The summed E-state index contributed by atoms with van der Waals surface area (Å²) in [7, 11) is -2.15. The van der Waals surface area contributed by atoms with Gasteiger partial charge in [0.1, 0.15) is 6.67 Å². The molecule has 0 spiro atoms. The SMILES string of the molecule is CCCN(CN(O)C=O)CP(C)(C)=O. The summed E-state index contributed by atoms with van der Waals surface area (Å²) in [6, 6.07) is 0. The molecule has 6 heteroatoms. The number of hydroxylamine groups is 2. The highest BCUT2D eigenvalue weighted by Gasteiger charge is 2.15. The zero-order valence-corrected chi connectivity index (χ0v) is 9.91. The van der Waals surface area contributed by atoms with E-state index < -0.39 is 7.14 Å². The molecule has 0 aliphatic carbocycles. The average molecular weight is 222 g/mol. The third kappa shape index (κ3) is 7.06. The van der Waals surface area contributed by atoms with Crippen molar-refractivity contribution in [2.75, 3.05) is 32.8 Å². The zero-order valence-electron chi connectivity index (χ0n) is 9.01. The second-order valence-electron chi connectivity index (χ2n) is 3.80. The summed E-state index contributed by atoms with van der Waals surface area (Å²) in [6.07, 6.45) is 1.66. The van der Waals surface area contributed by atoms with Crippen LogP contribution in [0.1, 0.15) is 13.3 Å². The number of hydrogen-bond donors (Lipinski definition) is 1. The van der Waals surface area contributed by atoms with Gasteiger partial charge in [-0.2, -0.15) is 0 Å². The molecule has 0 aliphatic heterocycles. The van der Waals surface area contributed by atoms with Gasteiger partial charge in [0.2, 0.25) is 6.41 Å². The van der Waals surface area contributed by atoms with Crippen LogP contribution in [0.15, 0.2) is 0 Å². The summed E-state index contributed by atoms with van der Waals surface area (Å²) in [5, 5.41) is 9.55. The Morgan fingerprint density at radius 2 is 2.00 bits per heavy atom. The van der Waals surface area contributed by atoms with E-state index in [2.05, 4.69) is 0 Å². The van der Waals surface area contributed by atoms with Gasteiger partial charge >= 0.3 is 0 Å². The van der Waals surface area contributed by atoms with Crippen LogP contribution in [-0.4, -0.2) is 54.4 Å². The lowest BCUT2D eigenvalue weighted by molar-refractivity contribution is -0.158. The number of carbonyl (C=O) groups is 1. The summed E-state index contributed by atoms with van der Waals surface area (Å²) in [5.74, 6) is 0. The average Bonchev–Trinajstić information content (AvgIpc) is 2.01. The predicted octanol–water partition coefficient (Wildman–Crippen LogP) is 1.08. The normalized spacial score (nSPS) is 11.8. The van der Waals surface area contributed by atoms with Crippen molar-refractivity contribution in [3.63, 3.8) is 0 Å². The van der Waals surface area contributed by atoms with Gasteiger partial charge in [0.25, 0.3) is 0 Å². The molecule has 0 aliphatic rings. The maximum atomic E-state index is 11.5. The molecule has 0 saturated heterocycles. The molecular weight excluding hydrogens is 203 g/mol. The van der Waals surface area contributed by atoms with E-state index in [1.54, 1.807) is 18.2 Å². The van der Waals surface area contributed by atoms with Crippen molar-refractivity contribution in [2.45, 2.75) is 13.3 Å². The number of amides is 1. The molecule has 0 rings (SSSR count). The standard InChI is InChI=1S/C8H19N2O3P/c1-4-5-9(6-10(12)7-11)8-14(2,3)13/h7,12H,4-6,8H2,1-3H3. The first-order valence-corrected chi connectivity index (χ1v) is 7.35. The molecule has 5 nitrogen and oxygen atoms in total. The minimum absolute atomic E-state index is 0.114. The molecule has 0 atom stereocenters. The fourth-order valence-corrected chi connectivity index (χ4v) is 2.42. The van der Waals surface area contributed by atoms with E-state index in [0.717, 1.165) is 13.0 Å². The van der Waals surface area contributed by atoms with Gasteiger partial charge in [-0.15, -0.1) is 0 Å². The zero-order chi connectivity index (χ0) is 11.2. The first kappa shape index (κ1) is 13.6. The van der Waals surface area contributed by atoms with Crippen LogP contribution in [0.4, 0.5) is 0 Å². The third-order valence-corrected chi connectivity index (χ3v) is 2.63. The molecule has 0 aromatic carbocycles. The van der Waals surface area contributed by atoms with Crippen molar-refractivity contribution in [3.05, 3.63) is 0 Å². The topological polar surface area (TPSA) is 60.9 Å². The van der Waals surface area contributed by atoms with E-state index in [0.29, 0.717) is 17.8 Å². The first-order chi connectivity index (χ1) is 6.39. The molecule has 1 amide bonds. The number of nitrogens with zero attached hydrogens (tertiary/aromatic N) is 2. The van der Waals surface area contributed by atoms with Crippen LogP contribution in [0.25, 0.3) is 0 Å². The molecule has 0 fully saturated rings. The van der Waals surface area contributed by atoms with Crippen LogP contribution >= 0.6 is 7.14 Å². The second-order valence-corrected chi connectivity index (χ2v) is 7.23. The third-order valence-electron chi connectivity index (χ3n) is 1.55. The molecule has 0 saturated carbocycles. The van der Waals surface area contributed by atoms with E-state index in [9.17, 15) is 9.36 Å². The first-order valence-electron chi connectivity index (χ1n) is 4.56. The van der Waals surface area contributed by atoms with Gasteiger partial charge in [-0.3, -0.25) is 14.9 Å². The van der Waals surface area contributed by atoms with Crippen molar-refractivity contribution in [2.24, 2.45) is 0 Å². The van der Waals surface area contributed by atoms with E-state index in [-0.39, 0.29) is 6.67 Å². The fourth-order valence-electron chi connectivity index (χ4n) is 1.22. The summed E-state index contributed by atoms with van der Waals surface area (Å²) in [6.45, 7) is 6.21. The van der Waals surface area contributed by atoms with Crippen LogP contribution in [-0.2, 0) is 9.36 Å². The van der Waals surface area contributed by atoms with Crippen LogP contribution in [0.3, 0.4) is 0 Å². The van der Waals surface area contributed by atoms with Crippen LogP contribution < -0.4 is 0 Å². The molecule has 0 unspecified atom stereocenters. The Balaban J connectivity index is 4.15. The largest absolute Gasteiger partial charge is 0.323 e. The highest BCUT2D eigenvalue weighted by molar-refractivity contribution is 7.62. The number of hydrogen-bond acceptors (Lipinski definition) is 4. The Hall–Kier alpha value is -0.380. The van der Waals surface area contributed by atoms with E-state index in [1.165, 1.54) is 0 Å². The molecule has 0 heterocycles. The van der Waals surface area contributed by atoms with Gasteiger partial charge in [-0.25, -0.2) is 5.06 Å². The minimum atomic E-state index is -2.15. The van der Waals surface area contributed by atoms with Crippen molar-refractivity contribution >= 4 is 13.6 Å². The Morgan fingerprint density at radius 1 is 1.43 bits per heavy atom. The molecule has 1 N–H and O–H groups in total. The molecule has 0 radical (unpaired) electrons.